The highest BCUT2D eigenvalue weighted by atomic mass is 16.2. The molecule has 0 aromatic heterocycles. The van der Waals surface area contributed by atoms with E-state index in [9.17, 15) is 9.59 Å². The molecule has 0 aromatic carbocycles. The van der Waals surface area contributed by atoms with Crippen molar-refractivity contribution in [2.24, 2.45) is 11.7 Å². The van der Waals surface area contributed by atoms with Crippen molar-refractivity contribution in [3.8, 4) is 0 Å². The number of nitrogens with one attached hydrogen (secondary N) is 1. The van der Waals surface area contributed by atoms with Gasteiger partial charge in [-0.3, -0.25) is 9.59 Å². The Hall–Kier alpha value is -1.10. The van der Waals surface area contributed by atoms with E-state index in [0.717, 1.165) is 12.8 Å². The zero-order valence-electron chi connectivity index (χ0n) is 8.95. The smallest absolute Gasteiger partial charge is 0.243 e. The van der Waals surface area contributed by atoms with Crippen molar-refractivity contribution < 1.29 is 9.59 Å². The van der Waals surface area contributed by atoms with Gasteiger partial charge >= 0.3 is 0 Å². The summed E-state index contributed by atoms with van der Waals surface area (Å²) in [6.45, 7) is 3.03. The monoisotopic (exact) mass is 211 g/mol. The van der Waals surface area contributed by atoms with Crippen LogP contribution in [0.2, 0.25) is 0 Å². The number of nitrogens with zero attached hydrogens (tertiary/aromatic N) is 1. The van der Waals surface area contributed by atoms with Gasteiger partial charge in [-0.15, -0.1) is 0 Å². The second kappa shape index (κ2) is 3.48. The molecule has 5 nitrogen and oxygen atoms in total. The molecule has 84 valence electrons. The van der Waals surface area contributed by atoms with Crippen LogP contribution >= 0.6 is 0 Å². The lowest BCUT2D eigenvalue weighted by molar-refractivity contribution is -0.142. The Kier molecular flexibility index (Phi) is 2.42. The molecule has 1 saturated heterocycles. The van der Waals surface area contributed by atoms with Crippen molar-refractivity contribution in [1.82, 2.24) is 10.2 Å². The standard InChI is InChI=1S/C10H17N3O2/c1-10(11,7-2-3-7)9(15)13-5-4-12-8(14)6-13/h7H,2-6,11H2,1H3,(H,12,14). The average molecular weight is 211 g/mol. The van der Waals surface area contributed by atoms with Crippen LogP contribution in [-0.4, -0.2) is 41.9 Å². The summed E-state index contributed by atoms with van der Waals surface area (Å²) < 4.78 is 0. The maximum atomic E-state index is 12.1. The number of hydrogen-bond donors (Lipinski definition) is 2. The highest BCUT2D eigenvalue weighted by Gasteiger charge is 2.46. The second-order valence-corrected chi connectivity index (χ2v) is 4.63. The molecule has 3 N–H and O–H groups in total. The van der Waals surface area contributed by atoms with Crippen molar-refractivity contribution in [2.45, 2.75) is 25.3 Å². The van der Waals surface area contributed by atoms with E-state index in [2.05, 4.69) is 5.32 Å². The zero-order valence-corrected chi connectivity index (χ0v) is 8.95. The van der Waals surface area contributed by atoms with E-state index in [1.165, 1.54) is 0 Å². The third-order valence-corrected chi connectivity index (χ3v) is 3.21. The Morgan fingerprint density at radius 1 is 1.60 bits per heavy atom. The summed E-state index contributed by atoms with van der Waals surface area (Å²) >= 11 is 0. The molecule has 2 amide bonds. The van der Waals surface area contributed by atoms with Crippen LogP contribution < -0.4 is 11.1 Å². The van der Waals surface area contributed by atoms with Gasteiger partial charge in [0.25, 0.3) is 0 Å². The molecule has 0 aromatic rings. The van der Waals surface area contributed by atoms with E-state index in [0.29, 0.717) is 19.0 Å². The van der Waals surface area contributed by atoms with Crippen LogP contribution in [-0.2, 0) is 9.59 Å². The molecule has 1 heterocycles. The van der Waals surface area contributed by atoms with Crippen LogP contribution in [0.1, 0.15) is 19.8 Å². The summed E-state index contributed by atoms with van der Waals surface area (Å²) in [6.07, 6.45) is 2.05. The third-order valence-electron chi connectivity index (χ3n) is 3.21. The van der Waals surface area contributed by atoms with Gasteiger partial charge in [0.2, 0.25) is 11.8 Å². The fourth-order valence-corrected chi connectivity index (χ4v) is 2.01. The Bertz CT molecular complexity index is 297. The first kappa shape index (κ1) is 10.4. The van der Waals surface area contributed by atoms with E-state index >= 15 is 0 Å². The lowest BCUT2D eigenvalue weighted by Gasteiger charge is -2.33. The van der Waals surface area contributed by atoms with E-state index in [1.807, 2.05) is 0 Å². The molecule has 1 aliphatic heterocycles. The SMILES string of the molecule is CC(N)(C(=O)N1CCNC(=O)C1)C1CC1. The van der Waals surface area contributed by atoms with Crippen molar-refractivity contribution in [3.63, 3.8) is 0 Å². The maximum Gasteiger partial charge on any atom is 0.243 e. The number of nitrogens with two attached hydrogens (primary N) is 1. The van der Waals surface area contributed by atoms with Gasteiger partial charge in [-0.25, -0.2) is 0 Å². The number of rotatable bonds is 2. The van der Waals surface area contributed by atoms with Gasteiger partial charge in [0.15, 0.2) is 0 Å². The summed E-state index contributed by atoms with van der Waals surface area (Å²) in [5.41, 5.74) is 5.24. The summed E-state index contributed by atoms with van der Waals surface area (Å²) in [6, 6.07) is 0. The zero-order chi connectivity index (χ0) is 11.1. The van der Waals surface area contributed by atoms with E-state index in [-0.39, 0.29) is 18.4 Å². The summed E-state index contributed by atoms with van der Waals surface area (Å²) in [4.78, 5) is 24.8. The van der Waals surface area contributed by atoms with E-state index < -0.39 is 5.54 Å². The largest absolute Gasteiger partial charge is 0.353 e. The quantitative estimate of drug-likeness (QED) is 0.620. The molecule has 5 heteroatoms. The molecule has 0 spiro atoms. The van der Waals surface area contributed by atoms with Gasteiger partial charge < -0.3 is 16.0 Å². The minimum Gasteiger partial charge on any atom is -0.353 e. The molecule has 2 aliphatic rings. The second-order valence-electron chi connectivity index (χ2n) is 4.63. The third kappa shape index (κ3) is 1.97. The van der Waals surface area contributed by atoms with Gasteiger partial charge in [0.05, 0.1) is 12.1 Å². The minimum atomic E-state index is -0.780. The first-order valence-electron chi connectivity index (χ1n) is 5.37. The normalized spacial score (nSPS) is 25.7. The summed E-state index contributed by atoms with van der Waals surface area (Å²) in [5.74, 6) is 0.121. The van der Waals surface area contributed by atoms with Crippen LogP contribution in [0.4, 0.5) is 0 Å². The van der Waals surface area contributed by atoms with Crippen LogP contribution in [0.25, 0.3) is 0 Å². The molecule has 0 bridgehead atoms. The minimum absolute atomic E-state index is 0.0835. The highest BCUT2D eigenvalue weighted by Crippen LogP contribution is 2.38. The number of hydrogen-bond acceptors (Lipinski definition) is 3. The topological polar surface area (TPSA) is 75.4 Å². The van der Waals surface area contributed by atoms with Gasteiger partial charge in [0.1, 0.15) is 0 Å². The molecular weight excluding hydrogens is 194 g/mol. The molecule has 1 aliphatic carbocycles. The molecule has 0 radical (unpaired) electrons. The fourth-order valence-electron chi connectivity index (χ4n) is 2.01. The van der Waals surface area contributed by atoms with Crippen LogP contribution in [0.15, 0.2) is 0 Å². The average Bonchev–Trinajstić information content (AvgIpc) is 2.99. The molecule has 2 rings (SSSR count). The molecular formula is C10H17N3O2. The van der Waals surface area contributed by atoms with Crippen molar-refractivity contribution in [1.29, 1.82) is 0 Å². The maximum absolute atomic E-state index is 12.1. The van der Waals surface area contributed by atoms with E-state index in [1.54, 1.807) is 11.8 Å². The van der Waals surface area contributed by atoms with Crippen LogP contribution in [0.5, 0.6) is 0 Å². The number of carbonyl (C=O) groups is 2. The predicted molar refractivity (Wildman–Crippen MR) is 54.9 cm³/mol. The van der Waals surface area contributed by atoms with Gasteiger partial charge in [-0.05, 0) is 25.7 Å². The summed E-state index contributed by atoms with van der Waals surface area (Å²) in [7, 11) is 0. The van der Waals surface area contributed by atoms with Crippen molar-refractivity contribution >= 4 is 11.8 Å². The van der Waals surface area contributed by atoms with Crippen molar-refractivity contribution in [2.75, 3.05) is 19.6 Å². The lowest BCUT2D eigenvalue weighted by atomic mass is 9.95. The Balaban J connectivity index is 2.02. The Morgan fingerprint density at radius 2 is 2.27 bits per heavy atom. The fraction of sp³-hybridized carbons (Fsp3) is 0.800. The molecule has 15 heavy (non-hydrogen) atoms. The summed E-state index contributed by atoms with van der Waals surface area (Å²) in [5, 5.41) is 2.69. The van der Waals surface area contributed by atoms with E-state index in [4.69, 9.17) is 5.73 Å². The lowest BCUT2D eigenvalue weighted by Crippen LogP contribution is -2.60. The number of piperazine rings is 1. The highest BCUT2D eigenvalue weighted by molar-refractivity contribution is 5.91. The first-order chi connectivity index (χ1) is 7.01. The molecule has 1 unspecified atom stereocenters. The molecule has 2 fully saturated rings. The van der Waals surface area contributed by atoms with Crippen molar-refractivity contribution in [3.05, 3.63) is 0 Å². The number of amides is 2. The Labute approximate surface area is 89.0 Å². The number of carbonyl (C=O) groups excluding carboxylic acids is 2. The predicted octanol–water partition coefficient (Wildman–Crippen LogP) is -0.928. The van der Waals surface area contributed by atoms with Gasteiger partial charge in [-0.1, -0.05) is 0 Å². The molecule has 1 atom stereocenters. The van der Waals surface area contributed by atoms with Crippen LogP contribution in [0.3, 0.4) is 0 Å². The molecule has 1 saturated carbocycles. The van der Waals surface area contributed by atoms with Gasteiger partial charge in [0, 0.05) is 13.1 Å². The Morgan fingerprint density at radius 3 is 2.80 bits per heavy atom. The first-order valence-corrected chi connectivity index (χ1v) is 5.37. The van der Waals surface area contributed by atoms with Gasteiger partial charge in [-0.2, -0.15) is 0 Å². The van der Waals surface area contributed by atoms with Crippen LogP contribution in [0, 0.1) is 5.92 Å².